The Bertz CT molecular complexity index is 739. The second-order valence-corrected chi connectivity index (χ2v) is 6.70. The summed E-state index contributed by atoms with van der Waals surface area (Å²) in [5.74, 6) is -0.104. The van der Waals surface area contributed by atoms with Crippen LogP contribution in [-0.4, -0.2) is 14.2 Å². The van der Waals surface area contributed by atoms with E-state index in [-0.39, 0.29) is 10.7 Å². The molecule has 0 saturated heterocycles. The van der Waals surface area contributed by atoms with E-state index >= 15 is 0 Å². The molecule has 104 valence electrons. The van der Waals surface area contributed by atoms with Gasteiger partial charge in [-0.3, -0.25) is 9.52 Å². The van der Waals surface area contributed by atoms with Gasteiger partial charge in [0.1, 0.15) is 0 Å². The number of sulfonamides is 1. The Hall–Kier alpha value is -1.66. The van der Waals surface area contributed by atoms with Gasteiger partial charge in [0.05, 0.1) is 10.6 Å². The third kappa shape index (κ3) is 3.26. The first kappa shape index (κ1) is 14.7. The molecule has 0 aromatic heterocycles. The number of para-hydroxylation sites is 1. The van der Waals surface area contributed by atoms with Crippen LogP contribution in [0.4, 0.5) is 5.69 Å². The summed E-state index contributed by atoms with van der Waals surface area (Å²) in [6, 6.07) is 12.8. The molecule has 2 rings (SSSR count). The van der Waals surface area contributed by atoms with Crippen LogP contribution in [0, 0.1) is 0 Å². The van der Waals surface area contributed by atoms with Crippen molar-refractivity contribution in [1.29, 1.82) is 0 Å². The molecule has 2 aromatic carbocycles. The highest BCUT2D eigenvalue weighted by Gasteiger charge is 2.15. The van der Waals surface area contributed by atoms with Gasteiger partial charge in [0, 0.05) is 10.0 Å². The lowest BCUT2D eigenvalue weighted by Gasteiger charge is -2.09. The van der Waals surface area contributed by atoms with Gasteiger partial charge in [-0.1, -0.05) is 24.3 Å². The normalized spacial score (nSPS) is 11.1. The van der Waals surface area contributed by atoms with Crippen molar-refractivity contribution in [2.24, 2.45) is 0 Å². The Balaban J connectivity index is 2.31. The fourth-order valence-corrected chi connectivity index (χ4v) is 3.21. The Morgan fingerprint density at radius 3 is 2.20 bits per heavy atom. The summed E-state index contributed by atoms with van der Waals surface area (Å²) in [5.41, 5.74) is 0.938. The van der Waals surface area contributed by atoms with E-state index in [1.54, 1.807) is 24.3 Å². The maximum atomic E-state index is 12.2. The van der Waals surface area contributed by atoms with E-state index < -0.39 is 10.0 Å². The predicted octanol–water partition coefficient (Wildman–Crippen LogP) is 3.45. The fourth-order valence-electron chi connectivity index (χ4n) is 1.62. The molecular formula is C14H12BrNO3S. The van der Waals surface area contributed by atoms with E-state index in [1.165, 1.54) is 31.2 Å². The van der Waals surface area contributed by atoms with Gasteiger partial charge in [-0.25, -0.2) is 8.42 Å². The number of anilines is 1. The summed E-state index contributed by atoms with van der Waals surface area (Å²) in [5, 5.41) is 0. The molecule has 0 aliphatic heterocycles. The first-order chi connectivity index (χ1) is 9.40. The van der Waals surface area contributed by atoms with Crippen molar-refractivity contribution < 1.29 is 13.2 Å². The quantitative estimate of drug-likeness (QED) is 0.856. The molecule has 0 spiro atoms. The van der Waals surface area contributed by atoms with Gasteiger partial charge < -0.3 is 0 Å². The van der Waals surface area contributed by atoms with Crippen molar-refractivity contribution in [3.05, 3.63) is 58.6 Å². The molecule has 0 atom stereocenters. The summed E-state index contributed by atoms with van der Waals surface area (Å²) in [7, 11) is -3.67. The number of halogens is 1. The topological polar surface area (TPSA) is 63.2 Å². The number of ketones is 1. The van der Waals surface area contributed by atoms with Crippen molar-refractivity contribution in [3.8, 4) is 0 Å². The zero-order valence-corrected chi connectivity index (χ0v) is 13.0. The molecule has 0 bridgehead atoms. The van der Waals surface area contributed by atoms with Crippen molar-refractivity contribution in [2.45, 2.75) is 11.8 Å². The minimum atomic E-state index is -3.67. The van der Waals surface area contributed by atoms with E-state index in [1.807, 2.05) is 0 Å². The molecule has 0 aliphatic rings. The number of hydrogen-bond acceptors (Lipinski definition) is 3. The van der Waals surface area contributed by atoms with Crippen LogP contribution in [0.2, 0.25) is 0 Å². The fraction of sp³-hybridized carbons (Fsp3) is 0.0714. The summed E-state index contributed by atoms with van der Waals surface area (Å²) in [6.45, 7) is 1.43. The molecule has 0 heterocycles. The molecule has 0 fully saturated rings. The zero-order chi connectivity index (χ0) is 14.8. The van der Waals surface area contributed by atoms with E-state index in [0.29, 0.717) is 15.7 Å². The maximum absolute atomic E-state index is 12.2. The van der Waals surface area contributed by atoms with Gasteiger partial charge in [-0.05, 0) is 47.1 Å². The summed E-state index contributed by atoms with van der Waals surface area (Å²) in [4.78, 5) is 11.3. The third-order valence-corrected chi connectivity index (χ3v) is 4.76. The Morgan fingerprint density at radius 1 is 1.05 bits per heavy atom. The van der Waals surface area contributed by atoms with Crippen LogP contribution in [0.25, 0.3) is 0 Å². The minimum Gasteiger partial charge on any atom is -0.295 e. The molecule has 20 heavy (non-hydrogen) atoms. The second kappa shape index (κ2) is 5.76. The standard InChI is InChI=1S/C14H12BrNO3S/c1-10(17)11-6-8-12(9-7-11)20(18,19)16-14-5-3-2-4-13(14)15/h2-9,16H,1H3. The monoisotopic (exact) mass is 353 g/mol. The Labute approximate surface area is 126 Å². The number of hydrogen-bond donors (Lipinski definition) is 1. The van der Waals surface area contributed by atoms with Gasteiger partial charge in [0.25, 0.3) is 10.0 Å². The van der Waals surface area contributed by atoms with Crippen molar-refractivity contribution in [1.82, 2.24) is 0 Å². The Kier molecular flexibility index (Phi) is 4.25. The van der Waals surface area contributed by atoms with Crippen LogP contribution in [0.3, 0.4) is 0 Å². The van der Waals surface area contributed by atoms with E-state index in [2.05, 4.69) is 20.7 Å². The zero-order valence-electron chi connectivity index (χ0n) is 10.6. The molecule has 0 unspecified atom stereocenters. The van der Waals surface area contributed by atoms with Crippen molar-refractivity contribution in [2.75, 3.05) is 4.72 Å². The van der Waals surface area contributed by atoms with Crippen LogP contribution >= 0.6 is 15.9 Å². The first-order valence-corrected chi connectivity index (χ1v) is 8.06. The molecule has 6 heteroatoms. The number of carbonyl (C=O) groups is 1. The van der Waals surface area contributed by atoms with Crippen LogP contribution in [-0.2, 0) is 10.0 Å². The number of rotatable bonds is 4. The number of nitrogens with one attached hydrogen (secondary N) is 1. The summed E-state index contributed by atoms with van der Waals surface area (Å²) in [6.07, 6.45) is 0. The molecule has 2 aromatic rings. The van der Waals surface area contributed by atoms with Gasteiger partial charge >= 0.3 is 0 Å². The highest BCUT2D eigenvalue weighted by molar-refractivity contribution is 9.10. The van der Waals surface area contributed by atoms with Crippen LogP contribution in [0.1, 0.15) is 17.3 Å². The number of carbonyl (C=O) groups excluding carboxylic acids is 1. The van der Waals surface area contributed by atoms with Gasteiger partial charge in [0.15, 0.2) is 5.78 Å². The summed E-state index contributed by atoms with van der Waals surface area (Å²) >= 11 is 3.28. The van der Waals surface area contributed by atoms with Gasteiger partial charge in [0.2, 0.25) is 0 Å². The lowest BCUT2D eigenvalue weighted by molar-refractivity contribution is 0.101. The maximum Gasteiger partial charge on any atom is 0.261 e. The van der Waals surface area contributed by atoms with Crippen molar-refractivity contribution >= 4 is 37.4 Å². The molecular weight excluding hydrogens is 342 g/mol. The smallest absolute Gasteiger partial charge is 0.261 e. The minimum absolute atomic E-state index is 0.104. The van der Waals surface area contributed by atoms with Crippen molar-refractivity contribution in [3.63, 3.8) is 0 Å². The predicted molar refractivity (Wildman–Crippen MR) is 81.4 cm³/mol. The third-order valence-electron chi connectivity index (χ3n) is 2.69. The summed E-state index contributed by atoms with van der Waals surface area (Å²) < 4.78 is 27.6. The molecule has 4 nitrogen and oxygen atoms in total. The highest BCUT2D eigenvalue weighted by Crippen LogP contribution is 2.24. The largest absolute Gasteiger partial charge is 0.295 e. The van der Waals surface area contributed by atoms with E-state index in [9.17, 15) is 13.2 Å². The lowest BCUT2D eigenvalue weighted by atomic mass is 10.2. The second-order valence-electron chi connectivity index (χ2n) is 4.17. The molecule has 0 radical (unpaired) electrons. The average Bonchev–Trinajstić information content (AvgIpc) is 2.41. The number of Topliss-reactive ketones (excluding diaryl/α,β-unsaturated/α-hetero) is 1. The van der Waals surface area contributed by atoms with Crippen LogP contribution in [0.15, 0.2) is 57.9 Å². The number of benzene rings is 2. The van der Waals surface area contributed by atoms with Gasteiger partial charge in [-0.15, -0.1) is 0 Å². The van der Waals surface area contributed by atoms with E-state index in [4.69, 9.17) is 0 Å². The lowest BCUT2D eigenvalue weighted by Crippen LogP contribution is -2.13. The average molecular weight is 354 g/mol. The molecule has 0 saturated carbocycles. The molecule has 1 N–H and O–H groups in total. The molecule has 0 aliphatic carbocycles. The van der Waals surface area contributed by atoms with E-state index in [0.717, 1.165) is 0 Å². The van der Waals surface area contributed by atoms with Gasteiger partial charge in [-0.2, -0.15) is 0 Å². The van der Waals surface area contributed by atoms with Crippen LogP contribution in [0.5, 0.6) is 0 Å². The first-order valence-electron chi connectivity index (χ1n) is 5.78. The molecule has 0 amide bonds. The highest BCUT2D eigenvalue weighted by atomic mass is 79.9. The SMILES string of the molecule is CC(=O)c1ccc(S(=O)(=O)Nc2ccccc2Br)cc1. The Morgan fingerprint density at radius 2 is 1.65 bits per heavy atom. The van der Waals surface area contributed by atoms with Crippen LogP contribution < -0.4 is 4.72 Å².